The molecule has 0 radical (unpaired) electrons. The molecule has 0 aromatic heterocycles. The molecule has 1 N–H and O–H groups in total. The van der Waals surface area contributed by atoms with Crippen LogP contribution < -0.4 is 14.8 Å². The molecule has 0 saturated carbocycles. The summed E-state index contributed by atoms with van der Waals surface area (Å²) in [4.78, 5) is 14.5. The van der Waals surface area contributed by atoms with Crippen molar-refractivity contribution in [3.8, 4) is 11.5 Å². The van der Waals surface area contributed by atoms with E-state index in [9.17, 15) is 9.18 Å². The van der Waals surface area contributed by atoms with Crippen molar-refractivity contribution in [1.29, 1.82) is 0 Å². The monoisotopic (exact) mass is 356 g/mol. The van der Waals surface area contributed by atoms with Crippen LogP contribution in [0.1, 0.15) is 30.9 Å². The molecule has 1 unspecified atom stereocenters. The molecule has 1 saturated heterocycles. The predicted octanol–water partition coefficient (Wildman–Crippen LogP) is 4.36. The van der Waals surface area contributed by atoms with Crippen LogP contribution in [0, 0.1) is 5.82 Å². The van der Waals surface area contributed by atoms with Crippen LogP contribution in [0.2, 0.25) is 0 Å². The molecule has 136 valence electrons. The van der Waals surface area contributed by atoms with Gasteiger partial charge in [0.05, 0.1) is 19.3 Å². The van der Waals surface area contributed by atoms with E-state index < -0.39 is 0 Å². The van der Waals surface area contributed by atoms with Crippen LogP contribution in [-0.4, -0.2) is 30.7 Å². The van der Waals surface area contributed by atoms with Crippen molar-refractivity contribution < 1.29 is 18.7 Å². The van der Waals surface area contributed by atoms with Gasteiger partial charge in [-0.15, -0.1) is 0 Å². The molecule has 0 spiro atoms. The SMILES string of the molecule is O=C(Nc1ccc(F)cc1)N1CCCC1c1ccc2c(c1)OCCCO2. The molecule has 2 aromatic rings. The fourth-order valence-corrected chi connectivity index (χ4v) is 3.47. The molecule has 6 heteroatoms. The molecule has 5 nitrogen and oxygen atoms in total. The van der Waals surface area contributed by atoms with Gasteiger partial charge in [-0.1, -0.05) is 6.07 Å². The van der Waals surface area contributed by atoms with Gasteiger partial charge in [0, 0.05) is 18.7 Å². The third-order valence-electron chi connectivity index (χ3n) is 4.77. The van der Waals surface area contributed by atoms with Gasteiger partial charge in [-0.2, -0.15) is 0 Å². The summed E-state index contributed by atoms with van der Waals surface area (Å²) in [6.07, 6.45) is 2.70. The Morgan fingerprint density at radius 1 is 1.04 bits per heavy atom. The average Bonchev–Trinajstić information content (AvgIpc) is 3.02. The van der Waals surface area contributed by atoms with E-state index >= 15 is 0 Å². The summed E-state index contributed by atoms with van der Waals surface area (Å²) in [7, 11) is 0. The first-order chi connectivity index (χ1) is 12.7. The summed E-state index contributed by atoms with van der Waals surface area (Å²) < 4.78 is 24.5. The fraction of sp³-hybridized carbons (Fsp3) is 0.350. The number of hydrogen-bond donors (Lipinski definition) is 1. The molecule has 2 amide bonds. The van der Waals surface area contributed by atoms with Crippen LogP contribution in [0.4, 0.5) is 14.9 Å². The largest absolute Gasteiger partial charge is 0.490 e. The average molecular weight is 356 g/mol. The van der Waals surface area contributed by atoms with E-state index in [2.05, 4.69) is 5.32 Å². The van der Waals surface area contributed by atoms with E-state index in [1.807, 2.05) is 23.1 Å². The summed E-state index contributed by atoms with van der Waals surface area (Å²) in [6, 6.07) is 11.5. The standard InChI is InChI=1S/C20H21FN2O3/c21-15-5-7-16(8-6-15)22-20(24)23-10-1-3-17(23)14-4-9-18-19(13-14)26-12-2-11-25-18/h4-9,13,17H,1-3,10-12H2,(H,22,24). The number of amides is 2. The number of hydrogen-bond acceptors (Lipinski definition) is 3. The second-order valence-electron chi connectivity index (χ2n) is 6.55. The topological polar surface area (TPSA) is 50.8 Å². The van der Waals surface area contributed by atoms with Gasteiger partial charge in [-0.25, -0.2) is 9.18 Å². The van der Waals surface area contributed by atoms with Gasteiger partial charge < -0.3 is 19.7 Å². The number of carbonyl (C=O) groups is 1. The number of carbonyl (C=O) groups excluding carboxylic acids is 1. The van der Waals surface area contributed by atoms with E-state index in [0.717, 1.165) is 36.3 Å². The maximum atomic E-state index is 13.0. The van der Waals surface area contributed by atoms with Gasteiger partial charge in [-0.05, 0) is 54.8 Å². The van der Waals surface area contributed by atoms with E-state index in [4.69, 9.17) is 9.47 Å². The van der Waals surface area contributed by atoms with Crippen molar-refractivity contribution in [2.45, 2.75) is 25.3 Å². The van der Waals surface area contributed by atoms with Crippen molar-refractivity contribution in [1.82, 2.24) is 4.90 Å². The van der Waals surface area contributed by atoms with Crippen molar-refractivity contribution in [3.63, 3.8) is 0 Å². The normalized spacial score (nSPS) is 19.1. The van der Waals surface area contributed by atoms with Crippen LogP contribution >= 0.6 is 0 Å². The Morgan fingerprint density at radius 3 is 2.62 bits per heavy atom. The lowest BCUT2D eigenvalue weighted by atomic mass is 10.0. The maximum Gasteiger partial charge on any atom is 0.322 e. The highest BCUT2D eigenvalue weighted by molar-refractivity contribution is 5.89. The Balaban J connectivity index is 1.52. The first-order valence-corrected chi connectivity index (χ1v) is 8.93. The maximum absolute atomic E-state index is 13.0. The fourth-order valence-electron chi connectivity index (χ4n) is 3.47. The second kappa shape index (κ2) is 7.23. The number of urea groups is 1. The van der Waals surface area contributed by atoms with Crippen molar-refractivity contribution >= 4 is 11.7 Å². The summed E-state index contributed by atoms with van der Waals surface area (Å²) >= 11 is 0. The van der Waals surface area contributed by atoms with E-state index in [0.29, 0.717) is 25.4 Å². The number of likely N-dealkylation sites (tertiary alicyclic amines) is 1. The van der Waals surface area contributed by atoms with E-state index in [1.54, 1.807) is 12.1 Å². The Hall–Kier alpha value is -2.76. The van der Waals surface area contributed by atoms with E-state index in [-0.39, 0.29) is 17.9 Å². The first kappa shape index (κ1) is 16.7. The minimum absolute atomic E-state index is 0.00685. The number of ether oxygens (including phenoxy) is 2. The number of anilines is 1. The Kier molecular flexibility index (Phi) is 4.65. The zero-order valence-electron chi connectivity index (χ0n) is 14.4. The van der Waals surface area contributed by atoms with Gasteiger partial charge >= 0.3 is 6.03 Å². The quantitative estimate of drug-likeness (QED) is 0.870. The highest BCUT2D eigenvalue weighted by atomic mass is 19.1. The molecule has 0 aliphatic carbocycles. The summed E-state index contributed by atoms with van der Waals surface area (Å²) in [5.41, 5.74) is 1.63. The third-order valence-corrected chi connectivity index (χ3v) is 4.77. The predicted molar refractivity (Wildman–Crippen MR) is 96.1 cm³/mol. The number of nitrogens with one attached hydrogen (secondary N) is 1. The van der Waals surface area contributed by atoms with Crippen molar-refractivity contribution in [2.24, 2.45) is 0 Å². The van der Waals surface area contributed by atoms with Gasteiger partial charge in [-0.3, -0.25) is 0 Å². The van der Waals surface area contributed by atoms with Crippen LogP contribution in [-0.2, 0) is 0 Å². The zero-order chi connectivity index (χ0) is 17.9. The molecule has 2 aliphatic heterocycles. The second-order valence-corrected chi connectivity index (χ2v) is 6.55. The minimum atomic E-state index is -0.325. The van der Waals surface area contributed by atoms with Gasteiger partial charge in [0.15, 0.2) is 11.5 Å². The molecular weight excluding hydrogens is 335 g/mol. The highest BCUT2D eigenvalue weighted by Crippen LogP contribution is 2.38. The summed E-state index contributed by atoms with van der Waals surface area (Å²) in [6.45, 7) is 1.98. The molecule has 2 aromatic carbocycles. The van der Waals surface area contributed by atoms with Gasteiger partial charge in [0.1, 0.15) is 5.82 Å². The number of halogens is 1. The summed E-state index contributed by atoms with van der Waals surface area (Å²) in [5, 5.41) is 2.85. The van der Waals surface area contributed by atoms with E-state index in [1.165, 1.54) is 12.1 Å². The van der Waals surface area contributed by atoms with Crippen molar-refractivity contribution in [2.75, 3.05) is 25.1 Å². The minimum Gasteiger partial charge on any atom is -0.490 e. The van der Waals surface area contributed by atoms with Crippen LogP contribution in [0.25, 0.3) is 0 Å². The molecule has 2 heterocycles. The third kappa shape index (κ3) is 3.45. The number of fused-ring (bicyclic) bond motifs is 1. The zero-order valence-corrected chi connectivity index (χ0v) is 14.4. The Labute approximate surface area is 151 Å². The smallest absolute Gasteiger partial charge is 0.322 e. The molecule has 1 fully saturated rings. The molecule has 26 heavy (non-hydrogen) atoms. The van der Waals surface area contributed by atoms with Crippen LogP contribution in [0.3, 0.4) is 0 Å². The summed E-state index contributed by atoms with van der Waals surface area (Å²) in [5.74, 6) is 1.17. The molecule has 1 atom stereocenters. The first-order valence-electron chi connectivity index (χ1n) is 8.93. The van der Waals surface area contributed by atoms with Crippen LogP contribution in [0.5, 0.6) is 11.5 Å². The van der Waals surface area contributed by atoms with Gasteiger partial charge in [0.2, 0.25) is 0 Å². The molecule has 2 aliphatic rings. The van der Waals surface area contributed by atoms with Crippen LogP contribution in [0.15, 0.2) is 42.5 Å². The van der Waals surface area contributed by atoms with Crippen molar-refractivity contribution in [3.05, 3.63) is 53.8 Å². The Morgan fingerprint density at radius 2 is 1.81 bits per heavy atom. The number of rotatable bonds is 2. The highest BCUT2D eigenvalue weighted by Gasteiger charge is 2.31. The lowest BCUT2D eigenvalue weighted by Crippen LogP contribution is -2.34. The molecular formula is C20H21FN2O3. The lowest BCUT2D eigenvalue weighted by molar-refractivity contribution is 0.207. The Bertz CT molecular complexity index is 794. The number of nitrogens with zero attached hydrogens (tertiary/aromatic N) is 1. The molecule has 4 rings (SSSR count). The molecule has 0 bridgehead atoms. The number of benzene rings is 2. The van der Waals surface area contributed by atoms with Gasteiger partial charge in [0.25, 0.3) is 0 Å². The lowest BCUT2D eigenvalue weighted by Gasteiger charge is -2.26.